The van der Waals surface area contributed by atoms with E-state index in [1.54, 1.807) is 24.3 Å². The molecule has 0 unspecified atom stereocenters. The first-order valence-electron chi connectivity index (χ1n) is 7.50. The second-order valence-corrected chi connectivity index (χ2v) is 5.79. The molecule has 0 fully saturated rings. The van der Waals surface area contributed by atoms with E-state index >= 15 is 0 Å². The molecule has 23 heavy (non-hydrogen) atoms. The van der Waals surface area contributed by atoms with Crippen molar-refractivity contribution in [3.63, 3.8) is 0 Å². The maximum atomic E-state index is 12.1. The number of aliphatic hydroxyl groups is 1. The summed E-state index contributed by atoms with van der Waals surface area (Å²) in [6, 6.07) is 18.5. The number of hydrogen-bond donors (Lipinski definition) is 1. The number of rotatable bonds is 6. The summed E-state index contributed by atoms with van der Waals surface area (Å²) in [5.41, 5.74) is 0.761. The van der Waals surface area contributed by atoms with Crippen molar-refractivity contribution in [3.8, 4) is 0 Å². The molecule has 1 N–H and O–H groups in total. The van der Waals surface area contributed by atoms with Gasteiger partial charge in [-0.25, -0.2) is 4.79 Å². The van der Waals surface area contributed by atoms with Crippen LogP contribution in [0.15, 0.2) is 60.7 Å². The molecule has 0 radical (unpaired) electrons. The lowest BCUT2D eigenvalue weighted by Gasteiger charge is -2.32. The van der Waals surface area contributed by atoms with Crippen LogP contribution in [0.25, 0.3) is 0 Å². The molecule has 2 atom stereocenters. The molecule has 2 aromatic rings. The van der Waals surface area contributed by atoms with Gasteiger partial charge in [-0.15, -0.1) is 0 Å². The molecule has 2 aromatic carbocycles. The molecule has 4 nitrogen and oxygen atoms in total. The fourth-order valence-electron chi connectivity index (χ4n) is 2.41. The quantitative estimate of drug-likeness (QED) is 0.832. The van der Waals surface area contributed by atoms with E-state index in [1.807, 2.05) is 50.2 Å². The highest BCUT2D eigenvalue weighted by Crippen LogP contribution is 2.31. The number of ether oxygens (including phenoxy) is 2. The van der Waals surface area contributed by atoms with E-state index in [9.17, 15) is 9.90 Å². The maximum absolute atomic E-state index is 12.1. The molecule has 0 aromatic heterocycles. The van der Waals surface area contributed by atoms with Gasteiger partial charge in [0, 0.05) is 0 Å². The van der Waals surface area contributed by atoms with Crippen molar-refractivity contribution < 1.29 is 19.4 Å². The molecule has 122 valence electrons. The topological polar surface area (TPSA) is 55.8 Å². The monoisotopic (exact) mass is 314 g/mol. The van der Waals surface area contributed by atoms with Crippen LogP contribution in [0.4, 0.5) is 0 Å². The highest BCUT2D eigenvalue weighted by atomic mass is 16.6. The molecule has 4 heteroatoms. The Morgan fingerprint density at radius 3 is 2.04 bits per heavy atom. The minimum Gasteiger partial charge on any atom is -0.467 e. The van der Waals surface area contributed by atoms with Crippen molar-refractivity contribution >= 4 is 5.97 Å². The summed E-state index contributed by atoms with van der Waals surface area (Å²) in [5, 5.41) is 10.6. The fourth-order valence-corrected chi connectivity index (χ4v) is 2.41. The minimum atomic E-state index is -1.11. The van der Waals surface area contributed by atoms with E-state index in [0.29, 0.717) is 5.56 Å². The Kier molecular flexibility index (Phi) is 5.53. The van der Waals surface area contributed by atoms with Crippen LogP contribution >= 0.6 is 0 Å². The second-order valence-electron chi connectivity index (χ2n) is 5.79. The Bertz CT molecular complexity index is 622. The standard InChI is InChI=1S/C19H22O4/c1-19(2,15-12-8-5-9-13-15)23-17(18(21)22-3)16(20)14-10-6-4-7-11-14/h4-13,16-17,20H,1-3H3/t16-,17+/m0/s1. The van der Waals surface area contributed by atoms with Crippen molar-refractivity contribution in [2.75, 3.05) is 7.11 Å². The highest BCUT2D eigenvalue weighted by molar-refractivity contribution is 5.75. The molecule has 2 rings (SSSR count). The van der Waals surface area contributed by atoms with Gasteiger partial charge >= 0.3 is 5.97 Å². The van der Waals surface area contributed by atoms with Gasteiger partial charge in [0.1, 0.15) is 6.10 Å². The largest absolute Gasteiger partial charge is 0.467 e. The van der Waals surface area contributed by atoms with E-state index in [-0.39, 0.29) is 0 Å². The van der Waals surface area contributed by atoms with Gasteiger partial charge in [-0.3, -0.25) is 0 Å². The number of hydrogen-bond acceptors (Lipinski definition) is 4. The van der Waals surface area contributed by atoms with Crippen LogP contribution in [0.2, 0.25) is 0 Å². The number of aliphatic hydroxyl groups excluding tert-OH is 1. The number of carbonyl (C=O) groups is 1. The van der Waals surface area contributed by atoms with Gasteiger partial charge in [0.15, 0.2) is 6.10 Å². The zero-order valence-electron chi connectivity index (χ0n) is 13.6. The zero-order valence-corrected chi connectivity index (χ0v) is 13.6. The molecule has 0 heterocycles. The summed E-state index contributed by atoms with van der Waals surface area (Å²) < 4.78 is 10.8. The Morgan fingerprint density at radius 2 is 1.52 bits per heavy atom. The Morgan fingerprint density at radius 1 is 1.00 bits per heavy atom. The van der Waals surface area contributed by atoms with Gasteiger partial charge < -0.3 is 14.6 Å². The second kappa shape index (κ2) is 7.40. The van der Waals surface area contributed by atoms with Crippen LogP contribution in [-0.4, -0.2) is 24.3 Å². The Labute approximate surface area is 136 Å². The SMILES string of the molecule is COC(=O)[C@H](OC(C)(C)c1ccccc1)[C@@H](O)c1ccccc1. The number of benzene rings is 2. The molecule has 0 saturated carbocycles. The molecule has 0 aliphatic heterocycles. The lowest BCUT2D eigenvalue weighted by molar-refractivity contribution is -0.179. The summed E-state index contributed by atoms with van der Waals surface area (Å²) in [5.74, 6) is -0.606. The van der Waals surface area contributed by atoms with Crippen molar-refractivity contribution in [2.24, 2.45) is 0 Å². The van der Waals surface area contributed by atoms with Crippen molar-refractivity contribution in [2.45, 2.75) is 31.7 Å². The van der Waals surface area contributed by atoms with Gasteiger partial charge in [0.2, 0.25) is 0 Å². The van der Waals surface area contributed by atoms with Crippen LogP contribution in [0.3, 0.4) is 0 Å². The van der Waals surface area contributed by atoms with Crippen LogP contribution in [0.5, 0.6) is 0 Å². The van der Waals surface area contributed by atoms with Gasteiger partial charge in [-0.2, -0.15) is 0 Å². The molecule has 0 bridgehead atoms. The summed E-state index contributed by atoms with van der Waals surface area (Å²) in [4.78, 5) is 12.1. The Balaban J connectivity index is 2.27. The third-order valence-corrected chi connectivity index (χ3v) is 3.75. The average Bonchev–Trinajstić information content (AvgIpc) is 2.60. The van der Waals surface area contributed by atoms with Crippen molar-refractivity contribution in [1.82, 2.24) is 0 Å². The highest BCUT2D eigenvalue weighted by Gasteiger charge is 2.36. The Hall–Kier alpha value is -2.17. The molecular weight excluding hydrogens is 292 g/mol. The first-order valence-corrected chi connectivity index (χ1v) is 7.50. The fraction of sp³-hybridized carbons (Fsp3) is 0.316. The van der Waals surface area contributed by atoms with Gasteiger partial charge in [0.05, 0.1) is 12.7 Å². The smallest absolute Gasteiger partial charge is 0.338 e. The molecule has 0 spiro atoms. The predicted molar refractivity (Wildman–Crippen MR) is 87.8 cm³/mol. The number of methoxy groups -OCH3 is 1. The third-order valence-electron chi connectivity index (χ3n) is 3.75. The summed E-state index contributed by atoms with van der Waals surface area (Å²) in [7, 11) is 1.28. The minimum absolute atomic E-state index is 0.603. The van der Waals surface area contributed by atoms with E-state index < -0.39 is 23.8 Å². The molecule has 0 aliphatic rings. The maximum Gasteiger partial charge on any atom is 0.338 e. The molecule has 0 amide bonds. The normalized spacial score (nSPS) is 14.1. The van der Waals surface area contributed by atoms with Crippen LogP contribution < -0.4 is 0 Å². The van der Waals surface area contributed by atoms with Gasteiger partial charge in [0.25, 0.3) is 0 Å². The predicted octanol–water partition coefficient (Wildman–Crippen LogP) is 3.21. The zero-order chi connectivity index (χ0) is 16.9. The lowest BCUT2D eigenvalue weighted by atomic mass is 9.96. The van der Waals surface area contributed by atoms with Crippen LogP contribution in [-0.2, 0) is 19.9 Å². The van der Waals surface area contributed by atoms with Crippen molar-refractivity contribution in [1.29, 1.82) is 0 Å². The van der Waals surface area contributed by atoms with E-state index in [0.717, 1.165) is 5.56 Å². The molecular formula is C19H22O4. The van der Waals surface area contributed by atoms with E-state index in [1.165, 1.54) is 7.11 Å². The molecule has 0 aliphatic carbocycles. The first kappa shape index (κ1) is 17.2. The third kappa shape index (κ3) is 4.18. The van der Waals surface area contributed by atoms with Crippen molar-refractivity contribution in [3.05, 3.63) is 71.8 Å². The van der Waals surface area contributed by atoms with Crippen LogP contribution in [0, 0.1) is 0 Å². The summed E-state index contributed by atoms with van der Waals surface area (Å²) in [6.07, 6.45) is -2.22. The van der Waals surface area contributed by atoms with Gasteiger partial charge in [-0.05, 0) is 25.0 Å². The number of carbonyl (C=O) groups excluding carboxylic acids is 1. The number of esters is 1. The summed E-state index contributed by atoms with van der Waals surface area (Å²) >= 11 is 0. The van der Waals surface area contributed by atoms with Gasteiger partial charge in [-0.1, -0.05) is 60.7 Å². The average molecular weight is 314 g/mol. The summed E-state index contributed by atoms with van der Waals surface area (Å²) in [6.45, 7) is 3.71. The molecule has 0 saturated heterocycles. The van der Waals surface area contributed by atoms with Crippen LogP contribution in [0.1, 0.15) is 31.1 Å². The first-order chi connectivity index (χ1) is 11.0. The van der Waals surface area contributed by atoms with E-state index in [4.69, 9.17) is 9.47 Å². The lowest BCUT2D eigenvalue weighted by Crippen LogP contribution is -2.38. The van der Waals surface area contributed by atoms with E-state index in [2.05, 4.69) is 0 Å².